The lowest BCUT2D eigenvalue weighted by Gasteiger charge is -2.35. The standard InChI is InChI=1S/C20H22FN5OS/c1-2-17-23-19(14-7-12-28-20(14)24-17)26-10-8-25(9-11-26)13-18(27)22-16-6-4-3-5-15(16)21/h3-7,12H,2,8-11,13H2,1H3,(H,22,27). The number of aromatic nitrogens is 2. The van der Waals surface area contributed by atoms with Crippen LogP contribution < -0.4 is 10.2 Å². The van der Waals surface area contributed by atoms with Gasteiger partial charge in [0.15, 0.2) is 0 Å². The van der Waals surface area contributed by atoms with Gasteiger partial charge in [-0.05, 0) is 23.6 Å². The van der Waals surface area contributed by atoms with Gasteiger partial charge in [0.25, 0.3) is 0 Å². The first-order valence-corrected chi connectivity index (χ1v) is 10.3. The molecule has 1 aromatic carbocycles. The SMILES string of the molecule is CCc1nc(N2CCN(CC(=O)Nc3ccccc3F)CC2)c2ccsc2n1. The molecule has 28 heavy (non-hydrogen) atoms. The van der Waals surface area contributed by atoms with E-state index in [0.717, 1.165) is 54.5 Å². The van der Waals surface area contributed by atoms with Crippen molar-refractivity contribution in [2.75, 3.05) is 42.9 Å². The third-order valence-corrected chi connectivity index (χ3v) is 5.66. The first-order chi connectivity index (χ1) is 13.6. The number of amides is 1. The smallest absolute Gasteiger partial charge is 0.238 e. The van der Waals surface area contributed by atoms with E-state index in [1.165, 1.54) is 6.07 Å². The van der Waals surface area contributed by atoms with Gasteiger partial charge in [-0.2, -0.15) is 0 Å². The van der Waals surface area contributed by atoms with E-state index in [0.29, 0.717) is 0 Å². The fraction of sp³-hybridized carbons (Fsp3) is 0.350. The summed E-state index contributed by atoms with van der Waals surface area (Å²) in [5.41, 5.74) is 0.221. The number of fused-ring (bicyclic) bond motifs is 1. The Bertz CT molecular complexity index is 984. The van der Waals surface area contributed by atoms with Gasteiger partial charge in [0.2, 0.25) is 5.91 Å². The molecule has 2 aromatic heterocycles. The van der Waals surface area contributed by atoms with E-state index >= 15 is 0 Å². The van der Waals surface area contributed by atoms with Gasteiger partial charge in [0.05, 0.1) is 17.6 Å². The topological polar surface area (TPSA) is 61.4 Å². The van der Waals surface area contributed by atoms with Gasteiger partial charge < -0.3 is 10.2 Å². The van der Waals surface area contributed by atoms with Crippen molar-refractivity contribution in [3.8, 4) is 0 Å². The number of rotatable bonds is 5. The van der Waals surface area contributed by atoms with Crippen LogP contribution in [0, 0.1) is 5.82 Å². The number of nitrogens with zero attached hydrogens (tertiary/aromatic N) is 4. The Morgan fingerprint density at radius 2 is 1.96 bits per heavy atom. The second-order valence-corrected chi connectivity index (χ2v) is 7.64. The van der Waals surface area contributed by atoms with Crippen LogP contribution in [0.1, 0.15) is 12.7 Å². The number of anilines is 2. The first-order valence-electron chi connectivity index (χ1n) is 9.40. The monoisotopic (exact) mass is 399 g/mol. The molecular formula is C20H22FN5OS. The van der Waals surface area contributed by atoms with Crippen LogP contribution >= 0.6 is 11.3 Å². The third kappa shape index (κ3) is 3.98. The number of nitrogens with one attached hydrogen (secondary N) is 1. The third-order valence-electron chi connectivity index (χ3n) is 4.85. The van der Waals surface area contributed by atoms with Crippen molar-refractivity contribution in [1.82, 2.24) is 14.9 Å². The van der Waals surface area contributed by atoms with E-state index in [-0.39, 0.29) is 18.1 Å². The van der Waals surface area contributed by atoms with Gasteiger partial charge in [-0.1, -0.05) is 19.1 Å². The first kappa shape index (κ1) is 18.8. The van der Waals surface area contributed by atoms with Gasteiger partial charge in [-0.25, -0.2) is 14.4 Å². The van der Waals surface area contributed by atoms with Crippen molar-refractivity contribution < 1.29 is 9.18 Å². The number of carbonyl (C=O) groups is 1. The summed E-state index contributed by atoms with van der Waals surface area (Å²) in [5.74, 6) is 1.22. The van der Waals surface area contributed by atoms with E-state index in [2.05, 4.69) is 33.1 Å². The Hall–Kier alpha value is -2.58. The highest BCUT2D eigenvalue weighted by atomic mass is 32.1. The zero-order chi connectivity index (χ0) is 19.5. The molecule has 0 atom stereocenters. The number of para-hydroxylation sites is 1. The zero-order valence-electron chi connectivity index (χ0n) is 15.7. The molecule has 0 saturated carbocycles. The molecule has 0 aliphatic carbocycles. The van der Waals surface area contributed by atoms with Gasteiger partial charge in [-0.15, -0.1) is 11.3 Å². The summed E-state index contributed by atoms with van der Waals surface area (Å²) in [5, 5.41) is 5.79. The van der Waals surface area contributed by atoms with Gasteiger partial charge in [0, 0.05) is 32.6 Å². The Morgan fingerprint density at radius 3 is 2.71 bits per heavy atom. The maximum Gasteiger partial charge on any atom is 0.238 e. The molecule has 0 unspecified atom stereocenters. The van der Waals surface area contributed by atoms with Crippen molar-refractivity contribution in [2.24, 2.45) is 0 Å². The molecule has 0 radical (unpaired) electrons. The molecule has 1 aliphatic rings. The van der Waals surface area contributed by atoms with E-state index in [1.54, 1.807) is 29.5 Å². The van der Waals surface area contributed by atoms with Crippen LogP contribution in [0.25, 0.3) is 10.2 Å². The summed E-state index contributed by atoms with van der Waals surface area (Å²) in [7, 11) is 0. The number of hydrogen-bond donors (Lipinski definition) is 1. The maximum atomic E-state index is 13.7. The Morgan fingerprint density at radius 1 is 1.18 bits per heavy atom. The molecule has 3 heterocycles. The molecule has 3 aromatic rings. The Balaban J connectivity index is 1.38. The number of aryl methyl sites for hydroxylation is 1. The lowest BCUT2D eigenvalue weighted by Crippen LogP contribution is -2.49. The maximum absolute atomic E-state index is 13.7. The molecule has 6 nitrogen and oxygen atoms in total. The van der Waals surface area contributed by atoms with Crippen molar-refractivity contribution >= 4 is 39.0 Å². The summed E-state index contributed by atoms with van der Waals surface area (Å²) < 4.78 is 13.7. The summed E-state index contributed by atoms with van der Waals surface area (Å²) in [6, 6.07) is 8.28. The molecule has 1 aliphatic heterocycles. The molecule has 4 rings (SSSR count). The van der Waals surface area contributed by atoms with Gasteiger partial charge >= 0.3 is 0 Å². The summed E-state index contributed by atoms with van der Waals surface area (Å²) in [6.45, 7) is 5.39. The number of halogens is 1. The normalized spacial score (nSPS) is 15.1. The quantitative estimate of drug-likeness (QED) is 0.714. The Labute approximate surface area is 167 Å². The van der Waals surface area contributed by atoms with Crippen LogP contribution in [0.2, 0.25) is 0 Å². The average Bonchev–Trinajstić information content (AvgIpc) is 3.18. The Kier molecular flexibility index (Phi) is 5.50. The van der Waals surface area contributed by atoms with E-state index in [1.807, 2.05) is 5.38 Å². The number of thiophene rings is 1. The second-order valence-electron chi connectivity index (χ2n) is 6.75. The number of hydrogen-bond acceptors (Lipinski definition) is 6. The van der Waals surface area contributed by atoms with E-state index in [4.69, 9.17) is 4.98 Å². The van der Waals surface area contributed by atoms with Crippen LogP contribution in [-0.4, -0.2) is 53.5 Å². The molecule has 1 saturated heterocycles. The minimum absolute atomic E-state index is 0.200. The van der Waals surface area contributed by atoms with Crippen molar-refractivity contribution in [3.05, 3.63) is 47.4 Å². The molecular weight excluding hydrogens is 377 g/mol. The largest absolute Gasteiger partial charge is 0.353 e. The number of benzene rings is 1. The lowest BCUT2D eigenvalue weighted by molar-refractivity contribution is -0.117. The van der Waals surface area contributed by atoms with E-state index < -0.39 is 5.82 Å². The van der Waals surface area contributed by atoms with Crippen molar-refractivity contribution in [1.29, 1.82) is 0 Å². The van der Waals surface area contributed by atoms with Crippen LogP contribution in [0.4, 0.5) is 15.9 Å². The summed E-state index contributed by atoms with van der Waals surface area (Å²) in [6.07, 6.45) is 0.803. The predicted octanol–water partition coefficient (Wildman–Crippen LogP) is 3.15. The summed E-state index contributed by atoms with van der Waals surface area (Å²) >= 11 is 1.63. The molecule has 1 amide bonds. The highest BCUT2D eigenvalue weighted by Crippen LogP contribution is 2.28. The summed E-state index contributed by atoms with van der Waals surface area (Å²) in [4.78, 5) is 27.0. The fourth-order valence-electron chi connectivity index (χ4n) is 3.36. The molecule has 146 valence electrons. The lowest BCUT2D eigenvalue weighted by atomic mass is 10.2. The van der Waals surface area contributed by atoms with Gasteiger partial charge in [-0.3, -0.25) is 9.69 Å². The fourth-order valence-corrected chi connectivity index (χ4v) is 4.13. The highest BCUT2D eigenvalue weighted by Gasteiger charge is 2.22. The van der Waals surface area contributed by atoms with Crippen LogP contribution in [0.5, 0.6) is 0 Å². The molecule has 0 spiro atoms. The predicted molar refractivity (Wildman–Crippen MR) is 110 cm³/mol. The average molecular weight is 399 g/mol. The minimum atomic E-state index is -0.420. The molecule has 0 bridgehead atoms. The molecule has 1 fully saturated rings. The van der Waals surface area contributed by atoms with Crippen molar-refractivity contribution in [2.45, 2.75) is 13.3 Å². The van der Waals surface area contributed by atoms with Crippen molar-refractivity contribution in [3.63, 3.8) is 0 Å². The van der Waals surface area contributed by atoms with Crippen LogP contribution in [-0.2, 0) is 11.2 Å². The number of carbonyl (C=O) groups excluding carboxylic acids is 1. The molecule has 8 heteroatoms. The number of piperazine rings is 1. The highest BCUT2D eigenvalue weighted by molar-refractivity contribution is 7.16. The van der Waals surface area contributed by atoms with Crippen LogP contribution in [0.3, 0.4) is 0 Å². The van der Waals surface area contributed by atoms with Gasteiger partial charge in [0.1, 0.15) is 22.3 Å². The van der Waals surface area contributed by atoms with Crippen LogP contribution in [0.15, 0.2) is 35.7 Å². The zero-order valence-corrected chi connectivity index (χ0v) is 16.5. The second kappa shape index (κ2) is 8.20. The minimum Gasteiger partial charge on any atom is -0.353 e. The van der Waals surface area contributed by atoms with E-state index in [9.17, 15) is 9.18 Å². The molecule has 1 N–H and O–H groups in total.